The Morgan fingerprint density at radius 2 is 2.29 bits per heavy atom. The molecule has 0 atom stereocenters. The summed E-state index contributed by atoms with van der Waals surface area (Å²) in [5.41, 5.74) is 1.26. The van der Waals surface area contributed by atoms with Gasteiger partial charge >= 0.3 is 0 Å². The van der Waals surface area contributed by atoms with Crippen molar-refractivity contribution < 1.29 is 9.21 Å². The molecule has 0 bridgehead atoms. The number of hydrogen-bond donors (Lipinski definition) is 0. The van der Waals surface area contributed by atoms with E-state index in [0.29, 0.717) is 17.0 Å². The van der Waals surface area contributed by atoms with E-state index < -0.39 is 0 Å². The standard InChI is InChI=1S/C10H10N2O2/c1-7-3-4-9(14-7)10-8(6-13)5-11-12(10)2/h3-6H,1-2H3. The van der Waals surface area contributed by atoms with Crippen molar-refractivity contribution in [3.63, 3.8) is 0 Å². The van der Waals surface area contributed by atoms with Crippen LogP contribution in [0.2, 0.25) is 0 Å². The van der Waals surface area contributed by atoms with E-state index in [9.17, 15) is 4.79 Å². The number of furan rings is 1. The molecule has 0 spiro atoms. The Bertz CT molecular complexity index is 468. The zero-order valence-electron chi connectivity index (χ0n) is 8.02. The third-order valence-electron chi connectivity index (χ3n) is 2.07. The Kier molecular flexibility index (Phi) is 1.96. The normalized spacial score (nSPS) is 10.4. The molecule has 2 rings (SSSR count). The van der Waals surface area contributed by atoms with Crippen LogP contribution in [-0.4, -0.2) is 16.1 Å². The van der Waals surface area contributed by atoms with Crippen LogP contribution in [0.5, 0.6) is 0 Å². The van der Waals surface area contributed by atoms with Crippen LogP contribution in [0.1, 0.15) is 16.1 Å². The Morgan fingerprint density at radius 1 is 1.50 bits per heavy atom. The molecule has 0 fully saturated rings. The Labute approximate surface area is 81.1 Å². The molecule has 4 heteroatoms. The number of rotatable bonds is 2. The van der Waals surface area contributed by atoms with E-state index in [2.05, 4.69) is 5.10 Å². The molecule has 14 heavy (non-hydrogen) atoms. The molecule has 0 aromatic carbocycles. The van der Waals surface area contributed by atoms with Crippen LogP contribution < -0.4 is 0 Å². The fraction of sp³-hybridized carbons (Fsp3) is 0.200. The van der Waals surface area contributed by atoms with Gasteiger partial charge in [0.15, 0.2) is 12.0 Å². The number of hydrogen-bond acceptors (Lipinski definition) is 3. The summed E-state index contributed by atoms with van der Waals surface area (Å²) in [5.74, 6) is 1.49. The maximum absolute atomic E-state index is 10.7. The summed E-state index contributed by atoms with van der Waals surface area (Å²) in [4.78, 5) is 10.7. The molecule has 72 valence electrons. The number of nitrogens with zero attached hydrogens (tertiary/aromatic N) is 2. The van der Waals surface area contributed by atoms with Gasteiger partial charge < -0.3 is 4.42 Å². The monoisotopic (exact) mass is 190 g/mol. The topological polar surface area (TPSA) is 48.0 Å². The third-order valence-corrected chi connectivity index (χ3v) is 2.07. The van der Waals surface area contributed by atoms with Crippen LogP contribution in [0.15, 0.2) is 22.7 Å². The van der Waals surface area contributed by atoms with E-state index in [-0.39, 0.29) is 0 Å². The first kappa shape index (κ1) is 8.74. The molecular formula is C10H10N2O2. The summed E-state index contributed by atoms with van der Waals surface area (Å²) < 4.78 is 7.06. The van der Waals surface area contributed by atoms with Gasteiger partial charge in [0.25, 0.3) is 0 Å². The summed E-state index contributed by atoms with van der Waals surface area (Å²) in [5, 5.41) is 4.00. The van der Waals surface area contributed by atoms with Gasteiger partial charge in [0.05, 0.1) is 11.8 Å². The summed E-state index contributed by atoms with van der Waals surface area (Å²) in [6.45, 7) is 1.86. The second kappa shape index (κ2) is 3.14. The lowest BCUT2D eigenvalue weighted by molar-refractivity contribution is 0.112. The number of carbonyl (C=O) groups excluding carboxylic acids is 1. The molecule has 0 saturated heterocycles. The molecule has 2 heterocycles. The number of aryl methyl sites for hydroxylation is 2. The molecule has 0 amide bonds. The Balaban J connectivity index is 2.59. The largest absolute Gasteiger partial charge is 0.460 e. The van der Waals surface area contributed by atoms with Crippen LogP contribution in [0.25, 0.3) is 11.5 Å². The van der Waals surface area contributed by atoms with Crippen molar-refractivity contribution >= 4 is 6.29 Å². The summed E-state index contributed by atoms with van der Waals surface area (Å²) in [7, 11) is 1.78. The molecule has 0 saturated carbocycles. The molecule has 0 aliphatic heterocycles. The van der Waals surface area contributed by atoms with E-state index in [1.165, 1.54) is 6.20 Å². The van der Waals surface area contributed by atoms with E-state index in [1.807, 2.05) is 19.1 Å². The lowest BCUT2D eigenvalue weighted by atomic mass is 10.2. The fourth-order valence-corrected chi connectivity index (χ4v) is 1.40. The lowest BCUT2D eigenvalue weighted by Gasteiger charge is -1.98. The van der Waals surface area contributed by atoms with E-state index in [4.69, 9.17) is 4.42 Å². The predicted octanol–water partition coefficient (Wildman–Crippen LogP) is 1.80. The minimum Gasteiger partial charge on any atom is -0.460 e. The van der Waals surface area contributed by atoms with E-state index in [1.54, 1.807) is 11.7 Å². The van der Waals surface area contributed by atoms with Crippen LogP contribution in [0.3, 0.4) is 0 Å². The van der Waals surface area contributed by atoms with Crippen molar-refractivity contribution in [1.29, 1.82) is 0 Å². The second-order valence-corrected chi connectivity index (χ2v) is 3.10. The highest BCUT2D eigenvalue weighted by Gasteiger charge is 2.12. The first-order chi connectivity index (χ1) is 6.72. The third kappa shape index (κ3) is 1.25. The van der Waals surface area contributed by atoms with Crippen LogP contribution >= 0.6 is 0 Å². The highest BCUT2D eigenvalue weighted by molar-refractivity contribution is 5.84. The van der Waals surface area contributed by atoms with E-state index >= 15 is 0 Å². The van der Waals surface area contributed by atoms with Gasteiger partial charge in [-0.05, 0) is 19.1 Å². The number of aldehydes is 1. The van der Waals surface area contributed by atoms with Crippen molar-refractivity contribution in [2.45, 2.75) is 6.92 Å². The molecule has 4 nitrogen and oxygen atoms in total. The number of carbonyl (C=O) groups is 1. The zero-order chi connectivity index (χ0) is 10.1. The summed E-state index contributed by atoms with van der Waals surface area (Å²) in [6.07, 6.45) is 2.31. The lowest BCUT2D eigenvalue weighted by Crippen LogP contribution is -1.93. The Morgan fingerprint density at radius 3 is 2.86 bits per heavy atom. The van der Waals surface area contributed by atoms with Gasteiger partial charge in [-0.3, -0.25) is 9.48 Å². The zero-order valence-corrected chi connectivity index (χ0v) is 8.02. The fourth-order valence-electron chi connectivity index (χ4n) is 1.40. The van der Waals surface area contributed by atoms with Crippen molar-refractivity contribution in [2.75, 3.05) is 0 Å². The van der Waals surface area contributed by atoms with Crippen molar-refractivity contribution in [3.8, 4) is 11.5 Å². The van der Waals surface area contributed by atoms with Crippen molar-refractivity contribution in [3.05, 3.63) is 29.7 Å². The van der Waals surface area contributed by atoms with Gasteiger partial charge in [-0.2, -0.15) is 5.10 Å². The van der Waals surface area contributed by atoms with Gasteiger partial charge in [-0.25, -0.2) is 0 Å². The minimum absolute atomic E-state index is 0.543. The first-order valence-corrected chi connectivity index (χ1v) is 4.26. The maximum atomic E-state index is 10.7. The minimum atomic E-state index is 0.543. The second-order valence-electron chi connectivity index (χ2n) is 3.10. The average molecular weight is 190 g/mol. The SMILES string of the molecule is Cc1ccc(-c2c(C=O)cnn2C)o1. The summed E-state index contributed by atoms with van der Waals surface area (Å²) >= 11 is 0. The quantitative estimate of drug-likeness (QED) is 0.678. The van der Waals surface area contributed by atoms with Gasteiger partial charge in [-0.1, -0.05) is 0 Å². The van der Waals surface area contributed by atoms with Gasteiger partial charge in [0, 0.05) is 7.05 Å². The maximum Gasteiger partial charge on any atom is 0.153 e. The van der Waals surface area contributed by atoms with Crippen LogP contribution in [0.4, 0.5) is 0 Å². The van der Waals surface area contributed by atoms with Crippen molar-refractivity contribution in [1.82, 2.24) is 9.78 Å². The van der Waals surface area contributed by atoms with Crippen LogP contribution in [-0.2, 0) is 7.05 Å². The molecule has 0 aliphatic rings. The average Bonchev–Trinajstić information content (AvgIpc) is 2.71. The highest BCUT2D eigenvalue weighted by Crippen LogP contribution is 2.23. The summed E-state index contributed by atoms with van der Waals surface area (Å²) in [6, 6.07) is 3.69. The smallest absolute Gasteiger partial charge is 0.153 e. The van der Waals surface area contributed by atoms with Gasteiger partial charge in [0.2, 0.25) is 0 Å². The molecule has 0 aliphatic carbocycles. The molecule has 0 unspecified atom stereocenters. The van der Waals surface area contributed by atoms with Gasteiger partial charge in [-0.15, -0.1) is 0 Å². The Hall–Kier alpha value is -1.84. The van der Waals surface area contributed by atoms with Crippen LogP contribution in [0, 0.1) is 6.92 Å². The van der Waals surface area contributed by atoms with E-state index in [0.717, 1.165) is 12.0 Å². The van der Waals surface area contributed by atoms with Gasteiger partial charge in [0.1, 0.15) is 11.5 Å². The predicted molar refractivity (Wildman–Crippen MR) is 51.0 cm³/mol. The molecule has 0 radical (unpaired) electrons. The molecule has 0 N–H and O–H groups in total. The van der Waals surface area contributed by atoms with Crippen molar-refractivity contribution in [2.24, 2.45) is 7.05 Å². The molecule has 2 aromatic heterocycles. The highest BCUT2D eigenvalue weighted by atomic mass is 16.3. The number of aromatic nitrogens is 2. The first-order valence-electron chi connectivity index (χ1n) is 4.26. The molecule has 2 aromatic rings. The molecular weight excluding hydrogens is 180 g/mol.